The Morgan fingerprint density at radius 1 is 1.25 bits per heavy atom. The van der Waals surface area contributed by atoms with E-state index in [0.717, 1.165) is 12.5 Å². The Morgan fingerprint density at radius 2 is 2.06 bits per heavy atom. The van der Waals surface area contributed by atoms with Crippen molar-refractivity contribution in [3.05, 3.63) is 20.8 Å². The monoisotopic (exact) mass is 303 g/mol. The van der Waals surface area contributed by atoms with Crippen LogP contribution >= 0.6 is 27.3 Å². The minimum absolute atomic E-state index is 0.767. The van der Waals surface area contributed by atoms with Crippen LogP contribution in [0.2, 0.25) is 0 Å². The van der Waals surface area contributed by atoms with Gasteiger partial charge in [0.15, 0.2) is 0 Å². The fourth-order valence-corrected chi connectivity index (χ4v) is 3.13. The van der Waals surface area contributed by atoms with Gasteiger partial charge in [-0.2, -0.15) is 0 Å². The summed E-state index contributed by atoms with van der Waals surface area (Å²) in [7, 11) is 0. The summed E-state index contributed by atoms with van der Waals surface area (Å²) < 4.78 is 1.25. The largest absolute Gasteiger partial charge is 0.316 e. The van der Waals surface area contributed by atoms with Crippen molar-refractivity contribution in [3.63, 3.8) is 0 Å². The fourth-order valence-electron chi connectivity index (χ4n) is 1.60. The second-order valence-electron chi connectivity index (χ2n) is 4.61. The maximum atomic E-state index is 3.50. The molecule has 3 heteroatoms. The highest BCUT2D eigenvalue weighted by molar-refractivity contribution is 9.11. The lowest BCUT2D eigenvalue weighted by molar-refractivity contribution is 0.530. The van der Waals surface area contributed by atoms with E-state index < -0.39 is 0 Å². The molecular formula is C13H22BrNS. The van der Waals surface area contributed by atoms with E-state index in [0.29, 0.717) is 0 Å². The number of nitrogens with one attached hydrogen (secondary N) is 1. The van der Waals surface area contributed by atoms with Crippen LogP contribution in [0.4, 0.5) is 0 Å². The highest BCUT2D eigenvalue weighted by Crippen LogP contribution is 2.23. The minimum atomic E-state index is 0.767. The normalized spacial score (nSPS) is 11.2. The summed E-state index contributed by atoms with van der Waals surface area (Å²) in [5, 5.41) is 3.48. The number of halogens is 1. The molecule has 1 aromatic rings. The van der Waals surface area contributed by atoms with E-state index in [4.69, 9.17) is 0 Å². The third-order valence-corrected chi connectivity index (χ3v) is 4.14. The molecule has 92 valence electrons. The Morgan fingerprint density at radius 3 is 2.69 bits per heavy atom. The molecule has 0 atom stereocenters. The summed E-state index contributed by atoms with van der Waals surface area (Å²) in [5.74, 6) is 0.767. The number of hydrogen-bond acceptors (Lipinski definition) is 2. The standard InChI is InChI=1S/C13H22BrNS/c1-11(2)10-15-9-5-3-4-6-12-7-8-13(14)16-12/h7-8,11,15H,3-6,9-10H2,1-2H3. The zero-order chi connectivity index (χ0) is 11.8. The lowest BCUT2D eigenvalue weighted by Crippen LogP contribution is -2.20. The molecule has 1 N–H and O–H groups in total. The molecule has 1 heterocycles. The SMILES string of the molecule is CC(C)CNCCCCCc1ccc(Br)s1. The summed E-state index contributed by atoms with van der Waals surface area (Å²) in [5.41, 5.74) is 0. The molecule has 1 nitrogen and oxygen atoms in total. The molecular weight excluding hydrogens is 282 g/mol. The van der Waals surface area contributed by atoms with E-state index in [-0.39, 0.29) is 0 Å². The van der Waals surface area contributed by atoms with Crippen molar-refractivity contribution in [2.45, 2.75) is 39.5 Å². The molecule has 1 rings (SSSR count). The van der Waals surface area contributed by atoms with Gasteiger partial charge in [0.05, 0.1) is 3.79 Å². The zero-order valence-corrected chi connectivity index (χ0v) is 12.7. The third kappa shape index (κ3) is 6.66. The van der Waals surface area contributed by atoms with Gasteiger partial charge in [-0.3, -0.25) is 0 Å². The number of thiophene rings is 1. The van der Waals surface area contributed by atoms with Crippen LogP contribution in [0.1, 0.15) is 38.0 Å². The van der Waals surface area contributed by atoms with Crippen LogP contribution in [0.3, 0.4) is 0 Å². The minimum Gasteiger partial charge on any atom is -0.316 e. The molecule has 1 aromatic heterocycles. The first-order valence-corrected chi connectivity index (χ1v) is 7.74. The first-order chi connectivity index (χ1) is 7.68. The van der Waals surface area contributed by atoms with Gasteiger partial charge >= 0.3 is 0 Å². The van der Waals surface area contributed by atoms with Gasteiger partial charge in [0.2, 0.25) is 0 Å². The van der Waals surface area contributed by atoms with E-state index in [2.05, 4.69) is 47.2 Å². The van der Waals surface area contributed by atoms with Gasteiger partial charge < -0.3 is 5.32 Å². The van der Waals surface area contributed by atoms with Gasteiger partial charge in [-0.25, -0.2) is 0 Å². The highest BCUT2D eigenvalue weighted by Gasteiger charge is 1.98. The Labute approximate surface area is 112 Å². The maximum Gasteiger partial charge on any atom is 0.0701 e. The molecule has 0 aliphatic carbocycles. The topological polar surface area (TPSA) is 12.0 Å². The second kappa shape index (κ2) is 8.26. The van der Waals surface area contributed by atoms with E-state index in [1.807, 2.05) is 11.3 Å². The van der Waals surface area contributed by atoms with Crippen molar-refractivity contribution in [2.75, 3.05) is 13.1 Å². The smallest absolute Gasteiger partial charge is 0.0701 e. The van der Waals surface area contributed by atoms with Crippen LogP contribution in [0, 0.1) is 5.92 Å². The van der Waals surface area contributed by atoms with Gasteiger partial charge in [0, 0.05) is 4.88 Å². The van der Waals surface area contributed by atoms with Crippen molar-refractivity contribution in [2.24, 2.45) is 5.92 Å². The molecule has 0 aliphatic heterocycles. The molecule has 0 saturated carbocycles. The summed E-state index contributed by atoms with van der Waals surface area (Å²) in [4.78, 5) is 1.50. The maximum absolute atomic E-state index is 3.50. The predicted octanol–water partition coefficient (Wildman–Crippen LogP) is 4.47. The molecule has 0 aromatic carbocycles. The van der Waals surface area contributed by atoms with E-state index in [9.17, 15) is 0 Å². The van der Waals surface area contributed by atoms with E-state index in [1.54, 1.807) is 0 Å². The number of rotatable bonds is 8. The second-order valence-corrected chi connectivity index (χ2v) is 7.16. The zero-order valence-electron chi connectivity index (χ0n) is 10.3. The Bertz CT molecular complexity index is 283. The quantitative estimate of drug-likeness (QED) is 0.699. The van der Waals surface area contributed by atoms with Crippen molar-refractivity contribution in [1.82, 2.24) is 5.32 Å². The van der Waals surface area contributed by atoms with E-state index in [1.165, 1.54) is 40.9 Å². The molecule has 0 saturated heterocycles. The molecule has 0 spiro atoms. The summed E-state index contributed by atoms with van der Waals surface area (Å²) in [6, 6.07) is 4.37. The van der Waals surface area contributed by atoms with Gasteiger partial charge in [0.1, 0.15) is 0 Å². The first-order valence-electron chi connectivity index (χ1n) is 6.13. The van der Waals surface area contributed by atoms with Crippen LogP contribution in [-0.2, 0) is 6.42 Å². The van der Waals surface area contributed by atoms with Crippen LogP contribution < -0.4 is 5.32 Å². The number of unbranched alkanes of at least 4 members (excludes halogenated alkanes) is 2. The average Bonchev–Trinajstić information content (AvgIpc) is 2.62. The summed E-state index contributed by atoms with van der Waals surface area (Å²) in [6.45, 7) is 6.83. The van der Waals surface area contributed by atoms with Gasteiger partial charge in [0.25, 0.3) is 0 Å². The predicted molar refractivity (Wildman–Crippen MR) is 77.3 cm³/mol. The Hall–Kier alpha value is 0.140. The molecule has 16 heavy (non-hydrogen) atoms. The lowest BCUT2D eigenvalue weighted by atomic mass is 10.1. The molecule has 0 fully saturated rings. The van der Waals surface area contributed by atoms with Gasteiger partial charge in [-0.15, -0.1) is 11.3 Å². The first kappa shape index (κ1) is 14.2. The summed E-state index contributed by atoms with van der Waals surface area (Å²) >= 11 is 5.36. The Kier molecular flexibility index (Phi) is 7.33. The fraction of sp³-hybridized carbons (Fsp3) is 0.692. The van der Waals surface area contributed by atoms with Crippen molar-refractivity contribution in [1.29, 1.82) is 0 Å². The van der Waals surface area contributed by atoms with E-state index >= 15 is 0 Å². The highest BCUT2D eigenvalue weighted by atomic mass is 79.9. The molecule has 0 unspecified atom stereocenters. The lowest BCUT2D eigenvalue weighted by Gasteiger charge is -2.06. The van der Waals surface area contributed by atoms with Crippen molar-refractivity contribution >= 4 is 27.3 Å². The van der Waals surface area contributed by atoms with Gasteiger partial charge in [-0.1, -0.05) is 20.3 Å². The molecule has 0 radical (unpaired) electrons. The molecule has 0 amide bonds. The van der Waals surface area contributed by atoms with Crippen LogP contribution in [-0.4, -0.2) is 13.1 Å². The third-order valence-electron chi connectivity index (χ3n) is 2.46. The van der Waals surface area contributed by atoms with Crippen LogP contribution in [0.15, 0.2) is 15.9 Å². The number of hydrogen-bond donors (Lipinski definition) is 1. The average molecular weight is 304 g/mol. The molecule has 0 bridgehead atoms. The van der Waals surface area contributed by atoms with Gasteiger partial charge in [-0.05, 0) is 66.3 Å². The van der Waals surface area contributed by atoms with Crippen molar-refractivity contribution in [3.8, 4) is 0 Å². The van der Waals surface area contributed by atoms with Crippen molar-refractivity contribution < 1.29 is 0 Å². The molecule has 0 aliphatic rings. The number of aryl methyl sites for hydroxylation is 1. The Balaban J connectivity index is 1.92. The van der Waals surface area contributed by atoms with Crippen LogP contribution in [0.25, 0.3) is 0 Å². The summed E-state index contributed by atoms with van der Waals surface area (Å²) in [6.07, 6.45) is 5.19. The van der Waals surface area contributed by atoms with Crippen LogP contribution in [0.5, 0.6) is 0 Å².